The van der Waals surface area contributed by atoms with E-state index in [1.807, 2.05) is 42.9 Å². The third kappa shape index (κ3) is 5.19. The smallest absolute Gasteiger partial charge is 0.222 e. The molecule has 1 aliphatic heterocycles. The van der Waals surface area contributed by atoms with Gasteiger partial charge in [0, 0.05) is 48.6 Å². The lowest BCUT2D eigenvalue weighted by atomic mass is 9.76. The van der Waals surface area contributed by atoms with Crippen molar-refractivity contribution in [3.8, 4) is 11.5 Å². The summed E-state index contributed by atoms with van der Waals surface area (Å²) in [5.74, 6) is 3.34. The first kappa shape index (κ1) is 24.7. The van der Waals surface area contributed by atoms with Gasteiger partial charge >= 0.3 is 0 Å². The molecule has 4 aromatic rings. The molecule has 1 amide bonds. The molecule has 1 N–H and O–H groups in total. The molecule has 6 rings (SSSR count). The molecule has 7 nitrogen and oxygen atoms in total. The molecule has 1 saturated heterocycles. The summed E-state index contributed by atoms with van der Waals surface area (Å²) < 4.78 is 11.2. The molecule has 0 spiro atoms. The largest absolute Gasteiger partial charge is 0.497 e. The fraction of sp³-hybridized carbons (Fsp3) is 0.452. The molecule has 1 aromatic carbocycles. The molecule has 1 atom stereocenters. The van der Waals surface area contributed by atoms with Crippen LogP contribution in [-0.4, -0.2) is 52.6 Å². The number of hydrogen-bond donors (Lipinski definition) is 1. The van der Waals surface area contributed by atoms with Gasteiger partial charge in [0.1, 0.15) is 17.1 Å². The van der Waals surface area contributed by atoms with Gasteiger partial charge in [0.15, 0.2) is 0 Å². The van der Waals surface area contributed by atoms with Crippen LogP contribution < -0.4 is 9.47 Å². The highest BCUT2D eigenvalue weighted by Crippen LogP contribution is 2.41. The molecule has 4 heterocycles. The quantitative estimate of drug-likeness (QED) is 0.324. The van der Waals surface area contributed by atoms with Gasteiger partial charge in [0.25, 0.3) is 0 Å². The number of aromatic nitrogens is 3. The minimum absolute atomic E-state index is 0.317. The number of aromatic amines is 1. The summed E-state index contributed by atoms with van der Waals surface area (Å²) in [6, 6.07) is 12.0. The number of ether oxygens (including phenoxy) is 2. The first-order valence-electron chi connectivity index (χ1n) is 13.9. The Morgan fingerprint density at radius 1 is 1.00 bits per heavy atom. The van der Waals surface area contributed by atoms with E-state index in [0.29, 0.717) is 36.7 Å². The van der Waals surface area contributed by atoms with Crippen molar-refractivity contribution in [2.75, 3.05) is 26.8 Å². The molecule has 1 unspecified atom stereocenters. The Morgan fingerprint density at radius 2 is 1.82 bits per heavy atom. The molecule has 2 fully saturated rings. The van der Waals surface area contributed by atoms with E-state index in [1.54, 1.807) is 7.11 Å². The van der Waals surface area contributed by atoms with Crippen molar-refractivity contribution >= 4 is 27.8 Å². The minimum Gasteiger partial charge on any atom is -0.497 e. The van der Waals surface area contributed by atoms with Crippen LogP contribution in [-0.2, 0) is 4.79 Å². The molecule has 0 bridgehead atoms. The predicted octanol–water partition coefficient (Wildman–Crippen LogP) is 6.10. The molecule has 38 heavy (non-hydrogen) atoms. The molecular weight excluding hydrogens is 476 g/mol. The van der Waals surface area contributed by atoms with Crippen molar-refractivity contribution in [2.24, 2.45) is 11.8 Å². The van der Waals surface area contributed by atoms with Gasteiger partial charge in [-0.15, -0.1) is 0 Å². The highest BCUT2D eigenvalue weighted by molar-refractivity contribution is 6.05. The average Bonchev–Trinajstić information content (AvgIpc) is 3.46. The Balaban J connectivity index is 1.02. The van der Waals surface area contributed by atoms with Gasteiger partial charge < -0.3 is 19.4 Å². The Labute approximate surface area is 223 Å². The summed E-state index contributed by atoms with van der Waals surface area (Å²) in [7, 11) is 1.66. The van der Waals surface area contributed by atoms with E-state index >= 15 is 0 Å². The van der Waals surface area contributed by atoms with Gasteiger partial charge in [-0.1, -0.05) is 0 Å². The van der Waals surface area contributed by atoms with Crippen molar-refractivity contribution in [1.82, 2.24) is 19.9 Å². The first-order chi connectivity index (χ1) is 18.7. The second-order valence-electron chi connectivity index (χ2n) is 10.9. The number of carbonyl (C=O) groups is 1. The van der Waals surface area contributed by atoms with Crippen LogP contribution in [0.5, 0.6) is 11.5 Å². The summed E-state index contributed by atoms with van der Waals surface area (Å²) >= 11 is 0. The standard InChI is InChI=1S/C31H36N4O3/c1-37-24-8-10-25(11-9-24)38-20-22-3-2-16-35(19-22)29(36)17-21-4-6-23(7-5-21)26-12-14-32-28-18-34-31-27(30(26)28)13-15-33-31/h8-15,18,21-23H,2-7,16-17,19-20H2,1H3,(H,33,34). The van der Waals surface area contributed by atoms with Crippen LogP contribution in [0.4, 0.5) is 0 Å². The Kier molecular flexibility index (Phi) is 7.16. The van der Waals surface area contributed by atoms with Crippen molar-refractivity contribution in [3.05, 3.63) is 60.6 Å². The summed E-state index contributed by atoms with van der Waals surface area (Å²) in [5, 5.41) is 2.38. The number of likely N-dealkylation sites (tertiary alicyclic amines) is 1. The fourth-order valence-electron chi connectivity index (χ4n) is 6.39. The SMILES string of the molecule is COc1ccc(OCC2CCCN(C(=O)CC3CCC(c4ccnc5cnc6[nH]ccc6c45)CC3)C2)cc1. The van der Waals surface area contributed by atoms with Gasteiger partial charge in [-0.25, -0.2) is 4.98 Å². The Hall–Kier alpha value is -3.61. The topological polar surface area (TPSA) is 80.3 Å². The van der Waals surface area contributed by atoms with E-state index in [-0.39, 0.29) is 0 Å². The number of rotatable bonds is 7. The van der Waals surface area contributed by atoms with Crippen molar-refractivity contribution < 1.29 is 14.3 Å². The van der Waals surface area contributed by atoms with Gasteiger partial charge in [0.05, 0.1) is 25.4 Å². The average molecular weight is 513 g/mol. The molecule has 3 aromatic heterocycles. The monoisotopic (exact) mass is 512 g/mol. The van der Waals surface area contributed by atoms with E-state index in [4.69, 9.17) is 9.47 Å². The zero-order chi connectivity index (χ0) is 25.9. The van der Waals surface area contributed by atoms with Crippen LogP contribution in [0, 0.1) is 11.8 Å². The van der Waals surface area contributed by atoms with Crippen LogP contribution in [0.2, 0.25) is 0 Å². The second kappa shape index (κ2) is 11.0. The molecular formula is C31H36N4O3. The number of methoxy groups -OCH3 is 1. The molecule has 7 heteroatoms. The van der Waals surface area contributed by atoms with E-state index in [0.717, 1.165) is 79.7 Å². The highest BCUT2D eigenvalue weighted by Gasteiger charge is 2.29. The van der Waals surface area contributed by atoms with Crippen LogP contribution >= 0.6 is 0 Å². The Morgan fingerprint density at radius 3 is 2.63 bits per heavy atom. The number of nitrogens with one attached hydrogen (secondary N) is 1. The number of benzene rings is 1. The summed E-state index contributed by atoms with van der Waals surface area (Å²) in [4.78, 5) is 27.7. The van der Waals surface area contributed by atoms with E-state index in [1.165, 1.54) is 10.9 Å². The number of nitrogens with zero attached hydrogens (tertiary/aromatic N) is 3. The molecule has 0 radical (unpaired) electrons. The van der Waals surface area contributed by atoms with Crippen LogP contribution in [0.15, 0.2) is 55.0 Å². The van der Waals surface area contributed by atoms with E-state index in [9.17, 15) is 4.79 Å². The van der Waals surface area contributed by atoms with Gasteiger partial charge in [0.2, 0.25) is 5.91 Å². The molecule has 198 valence electrons. The van der Waals surface area contributed by atoms with Crippen LogP contribution in [0.3, 0.4) is 0 Å². The fourth-order valence-corrected chi connectivity index (χ4v) is 6.39. The summed E-state index contributed by atoms with van der Waals surface area (Å²) in [5.41, 5.74) is 3.25. The zero-order valence-corrected chi connectivity index (χ0v) is 22.1. The lowest BCUT2D eigenvalue weighted by molar-refractivity contribution is -0.134. The molecule has 1 aliphatic carbocycles. The van der Waals surface area contributed by atoms with Gasteiger partial charge in [-0.05, 0) is 92.3 Å². The maximum atomic E-state index is 13.3. The lowest BCUT2D eigenvalue weighted by Crippen LogP contribution is -2.42. The molecule has 2 aliphatic rings. The lowest BCUT2D eigenvalue weighted by Gasteiger charge is -2.35. The van der Waals surface area contributed by atoms with Crippen molar-refractivity contribution in [1.29, 1.82) is 0 Å². The number of amides is 1. The first-order valence-corrected chi connectivity index (χ1v) is 13.9. The maximum Gasteiger partial charge on any atom is 0.222 e. The normalized spacial score (nSPS) is 22.0. The summed E-state index contributed by atoms with van der Waals surface area (Å²) in [6.45, 7) is 2.32. The number of pyridine rings is 2. The third-order valence-corrected chi connectivity index (χ3v) is 8.49. The minimum atomic E-state index is 0.317. The number of carbonyl (C=O) groups excluding carboxylic acids is 1. The zero-order valence-electron chi connectivity index (χ0n) is 22.1. The number of hydrogen-bond acceptors (Lipinski definition) is 5. The van der Waals surface area contributed by atoms with Crippen molar-refractivity contribution in [2.45, 2.75) is 50.9 Å². The Bertz CT molecular complexity index is 1390. The maximum absolute atomic E-state index is 13.3. The van der Waals surface area contributed by atoms with E-state index < -0.39 is 0 Å². The summed E-state index contributed by atoms with van der Waals surface area (Å²) in [6.07, 6.45) is 13.0. The number of fused-ring (bicyclic) bond motifs is 3. The third-order valence-electron chi connectivity index (χ3n) is 8.49. The van der Waals surface area contributed by atoms with Gasteiger partial charge in [-0.2, -0.15) is 0 Å². The predicted molar refractivity (Wildman–Crippen MR) is 149 cm³/mol. The van der Waals surface area contributed by atoms with Crippen molar-refractivity contribution in [3.63, 3.8) is 0 Å². The van der Waals surface area contributed by atoms with Gasteiger partial charge in [-0.3, -0.25) is 9.78 Å². The highest BCUT2D eigenvalue weighted by atomic mass is 16.5. The van der Waals surface area contributed by atoms with Crippen LogP contribution in [0.25, 0.3) is 21.9 Å². The second-order valence-corrected chi connectivity index (χ2v) is 10.9. The van der Waals surface area contributed by atoms with Crippen LogP contribution in [0.1, 0.15) is 56.4 Å². The van der Waals surface area contributed by atoms with E-state index in [2.05, 4.69) is 32.0 Å². The number of H-pyrrole nitrogens is 1. The molecule has 1 saturated carbocycles. The number of piperidine rings is 1.